The van der Waals surface area contributed by atoms with Gasteiger partial charge < -0.3 is 5.32 Å². The molecule has 1 saturated carbocycles. The van der Waals surface area contributed by atoms with E-state index in [0.29, 0.717) is 17.5 Å². The van der Waals surface area contributed by atoms with Crippen molar-refractivity contribution >= 4 is 0 Å². The van der Waals surface area contributed by atoms with E-state index in [-0.39, 0.29) is 5.82 Å². The Labute approximate surface area is 110 Å². The third kappa shape index (κ3) is 3.55. The lowest BCUT2D eigenvalue weighted by atomic mass is 9.75. The van der Waals surface area contributed by atoms with Crippen LogP contribution in [0.4, 0.5) is 4.39 Å². The molecule has 0 aliphatic heterocycles. The maximum Gasteiger partial charge on any atom is 0.123 e. The van der Waals surface area contributed by atoms with Gasteiger partial charge in [0, 0.05) is 12.1 Å². The molecule has 1 aromatic rings. The summed E-state index contributed by atoms with van der Waals surface area (Å²) in [5.74, 6) is -0.162. The largest absolute Gasteiger partial charge is 0.307 e. The Morgan fingerprint density at radius 1 is 1.28 bits per heavy atom. The van der Waals surface area contributed by atoms with Crippen molar-refractivity contribution in [3.63, 3.8) is 0 Å². The third-order valence-corrected chi connectivity index (χ3v) is 4.06. The van der Waals surface area contributed by atoms with Gasteiger partial charge in [-0.25, -0.2) is 4.39 Å². The number of hydrogen-bond acceptors (Lipinski definition) is 1. The van der Waals surface area contributed by atoms with Gasteiger partial charge in [0.1, 0.15) is 5.82 Å². The molecule has 1 unspecified atom stereocenters. The van der Waals surface area contributed by atoms with Crippen LogP contribution in [0.2, 0.25) is 0 Å². The van der Waals surface area contributed by atoms with Crippen molar-refractivity contribution in [2.45, 2.75) is 58.5 Å². The fourth-order valence-electron chi connectivity index (χ4n) is 3.04. The highest BCUT2D eigenvalue weighted by Crippen LogP contribution is 2.35. The average molecular weight is 249 g/mol. The fraction of sp³-hybridized carbons (Fsp3) is 0.625. The number of benzene rings is 1. The Morgan fingerprint density at radius 3 is 2.56 bits per heavy atom. The van der Waals surface area contributed by atoms with Crippen molar-refractivity contribution in [1.29, 1.82) is 0 Å². The quantitative estimate of drug-likeness (QED) is 0.834. The first-order valence-electron chi connectivity index (χ1n) is 6.98. The summed E-state index contributed by atoms with van der Waals surface area (Å²) in [4.78, 5) is 0. The van der Waals surface area contributed by atoms with E-state index in [9.17, 15) is 4.39 Å². The Morgan fingerprint density at radius 2 is 1.94 bits per heavy atom. The Bertz CT molecular complexity index is 383. The molecule has 2 rings (SSSR count). The van der Waals surface area contributed by atoms with E-state index in [1.165, 1.54) is 31.2 Å². The number of halogens is 1. The molecule has 1 aliphatic rings. The molecule has 0 radical (unpaired) electrons. The molecule has 1 nitrogen and oxygen atoms in total. The Hall–Kier alpha value is -0.890. The molecule has 1 aromatic carbocycles. The molecular weight excluding hydrogens is 225 g/mol. The van der Waals surface area contributed by atoms with E-state index >= 15 is 0 Å². The number of hydrogen-bond donors (Lipinski definition) is 1. The van der Waals surface area contributed by atoms with Crippen LogP contribution in [0, 0.1) is 11.2 Å². The Balaban J connectivity index is 1.94. The van der Waals surface area contributed by atoms with Crippen LogP contribution in [0.25, 0.3) is 0 Å². The maximum atomic E-state index is 12.9. The van der Waals surface area contributed by atoms with E-state index < -0.39 is 0 Å². The molecule has 100 valence electrons. The second-order valence-electron chi connectivity index (χ2n) is 6.40. The summed E-state index contributed by atoms with van der Waals surface area (Å²) in [6.07, 6.45) is 5.13. The van der Waals surface area contributed by atoms with Crippen molar-refractivity contribution in [2.24, 2.45) is 5.41 Å². The van der Waals surface area contributed by atoms with Crippen molar-refractivity contribution in [3.05, 3.63) is 35.6 Å². The molecule has 0 saturated heterocycles. The fourth-order valence-corrected chi connectivity index (χ4v) is 3.04. The molecule has 1 aliphatic carbocycles. The van der Waals surface area contributed by atoms with Crippen LogP contribution in [-0.4, -0.2) is 6.04 Å². The minimum atomic E-state index is -0.162. The minimum absolute atomic E-state index is 0.162. The van der Waals surface area contributed by atoms with Gasteiger partial charge >= 0.3 is 0 Å². The van der Waals surface area contributed by atoms with Gasteiger partial charge in [-0.1, -0.05) is 32.4 Å². The molecule has 1 fully saturated rings. The predicted molar refractivity (Wildman–Crippen MR) is 74.0 cm³/mol. The molecule has 0 amide bonds. The van der Waals surface area contributed by atoms with Crippen LogP contribution in [0.3, 0.4) is 0 Å². The van der Waals surface area contributed by atoms with E-state index in [1.807, 2.05) is 12.1 Å². The van der Waals surface area contributed by atoms with Crippen LogP contribution in [0.5, 0.6) is 0 Å². The lowest BCUT2D eigenvalue weighted by Gasteiger charge is -2.37. The maximum absolute atomic E-state index is 12.9. The zero-order valence-electron chi connectivity index (χ0n) is 11.7. The number of rotatable bonds is 3. The Kier molecular flexibility index (Phi) is 4.06. The van der Waals surface area contributed by atoms with Crippen molar-refractivity contribution in [1.82, 2.24) is 5.32 Å². The van der Waals surface area contributed by atoms with Gasteiger partial charge in [0.05, 0.1) is 0 Å². The van der Waals surface area contributed by atoms with Crippen LogP contribution in [-0.2, 0) is 0 Å². The summed E-state index contributed by atoms with van der Waals surface area (Å²) < 4.78 is 12.9. The molecule has 2 heteroatoms. The van der Waals surface area contributed by atoms with Crippen LogP contribution in [0.15, 0.2) is 24.3 Å². The highest BCUT2D eigenvalue weighted by Gasteiger charge is 2.28. The first-order valence-corrected chi connectivity index (χ1v) is 6.98. The molecular formula is C16H24FN. The van der Waals surface area contributed by atoms with Crippen molar-refractivity contribution < 1.29 is 4.39 Å². The zero-order valence-corrected chi connectivity index (χ0v) is 11.7. The van der Waals surface area contributed by atoms with Gasteiger partial charge in [-0.05, 0) is 49.3 Å². The van der Waals surface area contributed by atoms with Gasteiger partial charge in [0.25, 0.3) is 0 Å². The molecule has 2 atom stereocenters. The summed E-state index contributed by atoms with van der Waals surface area (Å²) in [6, 6.07) is 7.72. The van der Waals surface area contributed by atoms with E-state index in [1.54, 1.807) is 12.1 Å². The zero-order chi connectivity index (χ0) is 13.2. The van der Waals surface area contributed by atoms with Gasteiger partial charge in [-0.3, -0.25) is 0 Å². The van der Waals surface area contributed by atoms with Gasteiger partial charge in [-0.15, -0.1) is 0 Å². The van der Waals surface area contributed by atoms with E-state index in [2.05, 4.69) is 26.1 Å². The lowest BCUT2D eigenvalue weighted by molar-refractivity contribution is 0.191. The van der Waals surface area contributed by atoms with Crippen LogP contribution in [0.1, 0.15) is 58.1 Å². The van der Waals surface area contributed by atoms with Crippen LogP contribution < -0.4 is 5.32 Å². The SMILES string of the molecule is C[C@H](NC1CCCC(C)(C)C1)c1ccc(F)cc1. The molecule has 0 spiro atoms. The predicted octanol–water partition coefficient (Wildman–Crippen LogP) is 4.45. The van der Waals surface area contributed by atoms with Crippen molar-refractivity contribution in [3.8, 4) is 0 Å². The monoisotopic (exact) mass is 249 g/mol. The lowest BCUT2D eigenvalue weighted by Crippen LogP contribution is -2.38. The summed E-state index contributed by atoms with van der Waals surface area (Å²) in [6.45, 7) is 6.86. The first kappa shape index (κ1) is 13.5. The second kappa shape index (κ2) is 5.40. The number of nitrogens with one attached hydrogen (secondary N) is 1. The standard InChI is InChI=1S/C16H24FN/c1-12(13-6-8-14(17)9-7-13)18-15-5-4-10-16(2,3)11-15/h6-9,12,15,18H,4-5,10-11H2,1-3H3/t12-,15?/m0/s1. The molecule has 1 N–H and O–H groups in total. The smallest absolute Gasteiger partial charge is 0.123 e. The summed E-state index contributed by atoms with van der Waals surface area (Å²) in [5.41, 5.74) is 1.62. The molecule has 0 heterocycles. The summed E-state index contributed by atoms with van der Waals surface area (Å²) in [7, 11) is 0. The second-order valence-corrected chi connectivity index (χ2v) is 6.40. The highest BCUT2D eigenvalue weighted by molar-refractivity contribution is 5.19. The van der Waals surface area contributed by atoms with Gasteiger partial charge in [0.2, 0.25) is 0 Å². The normalized spacial score (nSPS) is 24.8. The van der Waals surface area contributed by atoms with E-state index in [4.69, 9.17) is 0 Å². The molecule has 0 aromatic heterocycles. The minimum Gasteiger partial charge on any atom is -0.307 e. The molecule has 0 bridgehead atoms. The first-order chi connectivity index (χ1) is 8.46. The van der Waals surface area contributed by atoms with Crippen LogP contribution >= 0.6 is 0 Å². The average Bonchev–Trinajstić information content (AvgIpc) is 2.28. The highest BCUT2D eigenvalue weighted by atomic mass is 19.1. The topological polar surface area (TPSA) is 12.0 Å². The van der Waals surface area contributed by atoms with Gasteiger partial charge in [-0.2, -0.15) is 0 Å². The van der Waals surface area contributed by atoms with Gasteiger partial charge in [0.15, 0.2) is 0 Å². The summed E-state index contributed by atoms with van der Waals surface area (Å²) >= 11 is 0. The van der Waals surface area contributed by atoms with E-state index in [0.717, 1.165) is 0 Å². The molecule has 18 heavy (non-hydrogen) atoms. The van der Waals surface area contributed by atoms with Crippen molar-refractivity contribution in [2.75, 3.05) is 0 Å². The summed E-state index contributed by atoms with van der Waals surface area (Å²) in [5, 5.41) is 3.69. The third-order valence-electron chi connectivity index (χ3n) is 4.06.